The molecule has 0 aliphatic heterocycles. The first-order valence-corrected chi connectivity index (χ1v) is 8.47. The summed E-state index contributed by atoms with van der Waals surface area (Å²) in [4.78, 5) is 0. The summed E-state index contributed by atoms with van der Waals surface area (Å²) in [5.41, 5.74) is 0. The Morgan fingerprint density at radius 2 is 2.00 bits per heavy atom. The van der Waals surface area contributed by atoms with Crippen LogP contribution in [0.25, 0.3) is 0 Å². The van der Waals surface area contributed by atoms with Crippen LogP contribution >= 0.6 is 0 Å². The molecule has 0 aromatic rings. The summed E-state index contributed by atoms with van der Waals surface area (Å²) in [6.07, 6.45) is 11.6. The van der Waals surface area contributed by atoms with E-state index in [0.717, 1.165) is 29.7 Å². The van der Waals surface area contributed by atoms with Crippen molar-refractivity contribution >= 4 is 0 Å². The van der Waals surface area contributed by atoms with Crippen LogP contribution in [0.1, 0.15) is 72.1 Å². The fraction of sp³-hybridized carbons (Fsp3) is 1.00. The molecule has 0 aromatic heterocycles. The highest BCUT2D eigenvalue weighted by atomic mass is 14.9. The van der Waals surface area contributed by atoms with E-state index in [1.54, 1.807) is 6.42 Å². The average molecular weight is 251 g/mol. The van der Waals surface area contributed by atoms with Gasteiger partial charge in [0.15, 0.2) is 0 Å². The zero-order valence-electron chi connectivity index (χ0n) is 12.8. The number of unbranched alkanes of at least 4 members (excludes halogenated alkanes) is 1. The van der Waals surface area contributed by atoms with Gasteiger partial charge in [-0.05, 0) is 62.8 Å². The van der Waals surface area contributed by atoms with Crippen molar-refractivity contribution in [1.82, 2.24) is 5.32 Å². The second-order valence-electron chi connectivity index (χ2n) is 6.95. The fourth-order valence-corrected chi connectivity index (χ4v) is 4.35. The second-order valence-corrected chi connectivity index (χ2v) is 6.95. The van der Waals surface area contributed by atoms with Crippen molar-refractivity contribution in [2.45, 2.75) is 78.2 Å². The highest BCUT2D eigenvalue weighted by Crippen LogP contribution is 2.49. The van der Waals surface area contributed by atoms with E-state index in [9.17, 15) is 0 Å². The van der Waals surface area contributed by atoms with Gasteiger partial charge in [-0.1, -0.05) is 39.5 Å². The second kappa shape index (κ2) is 6.93. The molecule has 2 bridgehead atoms. The first kappa shape index (κ1) is 14.4. The van der Waals surface area contributed by atoms with Gasteiger partial charge in [0.05, 0.1) is 0 Å². The highest BCUT2D eigenvalue weighted by Gasteiger charge is 2.41. The van der Waals surface area contributed by atoms with E-state index in [-0.39, 0.29) is 0 Å². The predicted molar refractivity (Wildman–Crippen MR) is 79.7 cm³/mol. The third-order valence-corrected chi connectivity index (χ3v) is 5.71. The standard InChI is InChI=1S/C17H33N/c1-4-6-7-14(5-2)12-18-13(3)17-11-15-8-9-16(17)10-15/h13-18H,4-12H2,1-3H3. The normalized spacial score (nSPS) is 33.8. The summed E-state index contributed by atoms with van der Waals surface area (Å²) in [5, 5.41) is 3.87. The summed E-state index contributed by atoms with van der Waals surface area (Å²) in [6, 6.07) is 0.760. The lowest BCUT2D eigenvalue weighted by Gasteiger charge is -2.30. The Morgan fingerprint density at radius 1 is 1.17 bits per heavy atom. The maximum Gasteiger partial charge on any atom is 0.00698 e. The molecule has 1 heteroatoms. The van der Waals surface area contributed by atoms with Gasteiger partial charge in [0.1, 0.15) is 0 Å². The molecule has 2 aliphatic rings. The quantitative estimate of drug-likeness (QED) is 0.664. The lowest BCUT2D eigenvalue weighted by Crippen LogP contribution is -2.38. The van der Waals surface area contributed by atoms with Crippen LogP contribution in [0.3, 0.4) is 0 Å². The molecule has 0 heterocycles. The molecule has 2 aliphatic carbocycles. The van der Waals surface area contributed by atoms with Crippen LogP contribution < -0.4 is 5.32 Å². The lowest BCUT2D eigenvalue weighted by molar-refractivity contribution is 0.248. The van der Waals surface area contributed by atoms with Gasteiger partial charge in [0, 0.05) is 6.04 Å². The molecule has 1 N–H and O–H groups in total. The van der Waals surface area contributed by atoms with Crippen molar-refractivity contribution in [2.75, 3.05) is 6.54 Å². The van der Waals surface area contributed by atoms with Crippen LogP contribution in [0.5, 0.6) is 0 Å². The van der Waals surface area contributed by atoms with Crippen LogP contribution in [0.4, 0.5) is 0 Å². The highest BCUT2D eigenvalue weighted by molar-refractivity contribution is 4.94. The van der Waals surface area contributed by atoms with E-state index in [1.807, 2.05) is 0 Å². The van der Waals surface area contributed by atoms with Gasteiger partial charge in [-0.3, -0.25) is 0 Å². The van der Waals surface area contributed by atoms with E-state index in [4.69, 9.17) is 0 Å². The Balaban J connectivity index is 1.69. The molecule has 2 rings (SSSR count). The van der Waals surface area contributed by atoms with Gasteiger partial charge in [-0.25, -0.2) is 0 Å². The Bertz CT molecular complexity index is 238. The molecular formula is C17H33N. The van der Waals surface area contributed by atoms with Crippen molar-refractivity contribution in [2.24, 2.45) is 23.7 Å². The molecule has 0 aromatic carbocycles. The van der Waals surface area contributed by atoms with Crippen molar-refractivity contribution in [1.29, 1.82) is 0 Å². The molecule has 0 amide bonds. The minimum Gasteiger partial charge on any atom is -0.314 e. The minimum absolute atomic E-state index is 0.760. The third kappa shape index (κ3) is 3.50. The predicted octanol–water partition coefficient (Wildman–Crippen LogP) is 4.62. The maximum atomic E-state index is 3.87. The molecule has 1 nitrogen and oxygen atoms in total. The zero-order chi connectivity index (χ0) is 13.0. The van der Waals surface area contributed by atoms with Crippen LogP contribution in [-0.4, -0.2) is 12.6 Å². The Labute approximate surface area is 114 Å². The fourth-order valence-electron chi connectivity index (χ4n) is 4.35. The van der Waals surface area contributed by atoms with E-state index in [1.165, 1.54) is 51.5 Å². The van der Waals surface area contributed by atoms with Gasteiger partial charge >= 0.3 is 0 Å². The lowest BCUT2D eigenvalue weighted by atomic mass is 9.83. The topological polar surface area (TPSA) is 12.0 Å². The summed E-state index contributed by atoms with van der Waals surface area (Å²) in [6.45, 7) is 8.35. The summed E-state index contributed by atoms with van der Waals surface area (Å²) >= 11 is 0. The molecule has 0 radical (unpaired) electrons. The molecule has 5 unspecified atom stereocenters. The maximum absolute atomic E-state index is 3.87. The van der Waals surface area contributed by atoms with Crippen molar-refractivity contribution < 1.29 is 0 Å². The van der Waals surface area contributed by atoms with E-state index < -0.39 is 0 Å². The van der Waals surface area contributed by atoms with Crippen molar-refractivity contribution in [3.63, 3.8) is 0 Å². The third-order valence-electron chi connectivity index (χ3n) is 5.71. The molecular weight excluding hydrogens is 218 g/mol. The number of rotatable bonds is 8. The van der Waals surface area contributed by atoms with Crippen LogP contribution in [0.2, 0.25) is 0 Å². The molecule has 0 spiro atoms. The minimum atomic E-state index is 0.760. The number of nitrogens with one attached hydrogen (secondary N) is 1. The monoisotopic (exact) mass is 251 g/mol. The van der Waals surface area contributed by atoms with E-state index in [0.29, 0.717) is 0 Å². The van der Waals surface area contributed by atoms with Crippen molar-refractivity contribution in [3.8, 4) is 0 Å². The molecule has 2 saturated carbocycles. The first-order valence-electron chi connectivity index (χ1n) is 8.47. The zero-order valence-corrected chi connectivity index (χ0v) is 12.8. The van der Waals surface area contributed by atoms with E-state index >= 15 is 0 Å². The summed E-state index contributed by atoms with van der Waals surface area (Å²) < 4.78 is 0. The molecule has 5 atom stereocenters. The Hall–Kier alpha value is -0.0400. The number of hydrogen-bond acceptors (Lipinski definition) is 1. The largest absolute Gasteiger partial charge is 0.314 e. The smallest absolute Gasteiger partial charge is 0.00698 e. The molecule has 18 heavy (non-hydrogen) atoms. The van der Waals surface area contributed by atoms with Crippen molar-refractivity contribution in [3.05, 3.63) is 0 Å². The van der Waals surface area contributed by atoms with Crippen LogP contribution in [0, 0.1) is 23.7 Å². The Morgan fingerprint density at radius 3 is 2.56 bits per heavy atom. The first-order chi connectivity index (χ1) is 8.74. The van der Waals surface area contributed by atoms with E-state index in [2.05, 4.69) is 26.1 Å². The molecule has 2 fully saturated rings. The van der Waals surface area contributed by atoms with Gasteiger partial charge in [0.2, 0.25) is 0 Å². The summed E-state index contributed by atoms with van der Waals surface area (Å²) in [5.74, 6) is 4.05. The van der Waals surface area contributed by atoms with Gasteiger partial charge in [-0.15, -0.1) is 0 Å². The van der Waals surface area contributed by atoms with Gasteiger partial charge < -0.3 is 5.32 Å². The Kier molecular flexibility index (Phi) is 5.54. The number of hydrogen-bond donors (Lipinski definition) is 1. The van der Waals surface area contributed by atoms with Gasteiger partial charge in [-0.2, -0.15) is 0 Å². The molecule has 106 valence electrons. The van der Waals surface area contributed by atoms with Crippen LogP contribution in [0.15, 0.2) is 0 Å². The molecule has 0 saturated heterocycles. The average Bonchev–Trinajstić information content (AvgIpc) is 3.01. The van der Waals surface area contributed by atoms with Gasteiger partial charge in [0.25, 0.3) is 0 Å². The van der Waals surface area contributed by atoms with Crippen LogP contribution in [-0.2, 0) is 0 Å². The number of fused-ring (bicyclic) bond motifs is 2. The summed E-state index contributed by atoms with van der Waals surface area (Å²) in [7, 11) is 0. The SMILES string of the molecule is CCCCC(CC)CNC(C)C1CC2CCC1C2.